The number of ketones is 1. The van der Waals surface area contributed by atoms with E-state index in [0.717, 1.165) is 12.1 Å². The molecule has 160 valence electrons. The molecule has 2 aliphatic rings. The first-order chi connectivity index (χ1) is 14.7. The predicted molar refractivity (Wildman–Crippen MR) is 105 cm³/mol. The van der Waals surface area contributed by atoms with Crippen molar-refractivity contribution in [3.05, 3.63) is 76.3 Å². The van der Waals surface area contributed by atoms with Crippen LogP contribution in [0.1, 0.15) is 44.1 Å². The van der Waals surface area contributed by atoms with Crippen molar-refractivity contribution in [1.29, 1.82) is 5.26 Å². The number of carbonyl (C=O) groups is 1. The lowest BCUT2D eigenvalue weighted by Gasteiger charge is -2.36. The Morgan fingerprint density at radius 2 is 2.03 bits per heavy atom. The summed E-state index contributed by atoms with van der Waals surface area (Å²) in [5.74, 6) is -1.50. The van der Waals surface area contributed by atoms with E-state index in [2.05, 4.69) is 0 Å². The van der Waals surface area contributed by atoms with Gasteiger partial charge in [-0.05, 0) is 29.7 Å². The van der Waals surface area contributed by atoms with E-state index < -0.39 is 17.6 Å². The van der Waals surface area contributed by atoms with E-state index in [1.807, 2.05) is 19.9 Å². The van der Waals surface area contributed by atoms with Gasteiger partial charge in [0, 0.05) is 24.5 Å². The third kappa shape index (κ3) is 3.91. The molecule has 2 N–H and O–H groups in total. The van der Waals surface area contributed by atoms with Gasteiger partial charge in [0.15, 0.2) is 17.3 Å². The minimum Gasteiger partial charge on any atom is -0.483 e. The fraction of sp³-hybridized carbons (Fsp3) is 0.304. The normalized spacial score (nSPS) is 20.2. The van der Waals surface area contributed by atoms with E-state index in [1.165, 1.54) is 6.07 Å². The van der Waals surface area contributed by atoms with Crippen LogP contribution in [0.5, 0.6) is 5.75 Å². The molecular weight excluding hydrogens is 406 g/mol. The lowest BCUT2D eigenvalue weighted by atomic mass is 9.71. The van der Waals surface area contributed by atoms with Gasteiger partial charge in [-0.1, -0.05) is 13.8 Å². The summed E-state index contributed by atoms with van der Waals surface area (Å²) in [6.07, 6.45) is 0.815. The molecule has 1 aromatic heterocycles. The van der Waals surface area contributed by atoms with Crippen LogP contribution in [-0.2, 0) is 16.1 Å². The number of hydrogen-bond donors (Lipinski definition) is 1. The number of halogens is 2. The summed E-state index contributed by atoms with van der Waals surface area (Å²) in [7, 11) is 0. The average molecular weight is 426 g/mol. The van der Waals surface area contributed by atoms with Gasteiger partial charge in [-0.3, -0.25) is 4.79 Å². The number of nitriles is 1. The topological polar surface area (TPSA) is 98.5 Å². The zero-order valence-electron chi connectivity index (χ0n) is 17.0. The van der Waals surface area contributed by atoms with Crippen LogP contribution < -0.4 is 10.5 Å². The Hall–Kier alpha value is -3.60. The lowest BCUT2D eigenvalue weighted by molar-refractivity contribution is -0.119. The van der Waals surface area contributed by atoms with Gasteiger partial charge in [0.1, 0.15) is 41.3 Å². The van der Waals surface area contributed by atoms with Gasteiger partial charge in [0.25, 0.3) is 0 Å². The maximum absolute atomic E-state index is 13.8. The van der Waals surface area contributed by atoms with Gasteiger partial charge in [-0.2, -0.15) is 5.26 Å². The largest absolute Gasteiger partial charge is 0.483 e. The van der Waals surface area contributed by atoms with Crippen molar-refractivity contribution >= 4 is 5.78 Å². The second-order valence-corrected chi connectivity index (χ2v) is 8.37. The minimum absolute atomic E-state index is 0.0562. The van der Waals surface area contributed by atoms with E-state index >= 15 is 0 Å². The number of nitrogens with zero attached hydrogens (tertiary/aromatic N) is 1. The molecule has 0 spiro atoms. The summed E-state index contributed by atoms with van der Waals surface area (Å²) >= 11 is 0. The van der Waals surface area contributed by atoms with Crippen LogP contribution in [0, 0.1) is 28.4 Å². The summed E-state index contributed by atoms with van der Waals surface area (Å²) in [4.78, 5) is 12.9. The highest BCUT2D eigenvalue weighted by Crippen LogP contribution is 2.48. The van der Waals surface area contributed by atoms with Crippen molar-refractivity contribution in [2.45, 2.75) is 39.2 Å². The van der Waals surface area contributed by atoms with Crippen molar-refractivity contribution < 1.29 is 27.5 Å². The zero-order chi connectivity index (χ0) is 22.3. The van der Waals surface area contributed by atoms with Crippen LogP contribution >= 0.6 is 0 Å². The van der Waals surface area contributed by atoms with E-state index in [0.29, 0.717) is 35.7 Å². The van der Waals surface area contributed by atoms with Gasteiger partial charge in [0.05, 0.1) is 5.92 Å². The van der Waals surface area contributed by atoms with Crippen LogP contribution in [0.3, 0.4) is 0 Å². The molecule has 0 amide bonds. The molecular formula is C23H20F2N2O4. The average Bonchev–Trinajstić information content (AvgIpc) is 3.14. The van der Waals surface area contributed by atoms with Gasteiger partial charge < -0.3 is 19.6 Å². The summed E-state index contributed by atoms with van der Waals surface area (Å²) in [5, 5.41) is 9.64. The number of benzene rings is 1. The zero-order valence-corrected chi connectivity index (χ0v) is 17.0. The summed E-state index contributed by atoms with van der Waals surface area (Å²) in [5.41, 5.74) is 6.16. The first kappa shape index (κ1) is 20.7. The third-order valence-electron chi connectivity index (χ3n) is 5.31. The van der Waals surface area contributed by atoms with Crippen molar-refractivity contribution in [3.8, 4) is 11.8 Å². The summed E-state index contributed by atoms with van der Waals surface area (Å²) in [6, 6.07) is 8.25. The maximum Gasteiger partial charge on any atom is 0.205 e. The highest BCUT2D eigenvalue weighted by Gasteiger charge is 2.44. The molecule has 1 aliphatic carbocycles. The molecule has 31 heavy (non-hydrogen) atoms. The highest BCUT2D eigenvalue weighted by atomic mass is 19.1. The SMILES string of the molecule is CC1(C)CC(=O)C2=C(C1)OC(N)=C(C#N)[C@@H]2c1ccc(COc2ccc(F)cc2F)o1. The van der Waals surface area contributed by atoms with Crippen LogP contribution in [0.4, 0.5) is 8.78 Å². The van der Waals surface area contributed by atoms with Gasteiger partial charge in [-0.25, -0.2) is 8.78 Å². The molecule has 0 saturated carbocycles. The molecule has 0 radical (unpaired) electrons. The van der Waals surface area contributed by atoms with Crippen molar-refractivity contribution in [1.82, 2.24) is 0 Å². The highest BCUT2D eigenvalue weighted by molar-refractivity contribution is 5.99. The molecule has 0 saturated heterocycles. The van der Waals surface area contributed by atoms with Gasteiger partial charge in [-0.15, -0.1) is 0 Å². The van der Waals surface area contributed by atoms with Gasteiger partial charge >= 0.3 is 0 Å². The Balaban J connectivity index is 1.63. The molecule has 1 atom stereocenters. The van der Waals surface area contributed by atoms with E-state index in [-0.39, 0.29) is 35.0 Å². The molecule has 2 heterocycles. The first-order valence-corrected chi connectivity index (χ1v) is 9.69. The molecule has 6 nitrogen and oxygen atoms in total. The number of furan rings is 1. The standard InChI is InChI=1S/C23H20F2N2O4/c1-23(2)8-16(28)21-19(9-23)31-22(27)14(10-26)20(21)18-6-4-13(30-18)11-29-17-5-3-12(24)7-15(17)25/h3-7,20H,8-9,11,27H2,1-2H3/t20-/m1/s1. The molecule has 0 unspecified atom stereocenters. The molecule has 8 heteroatoms. The van der Waals surface area contributed by atoms with Gasteiger partial charge in [0.2, 0.25) is 5.88 Å². The number of rotatable bonds is 4. The molecule has 1 aromatic carbocycles. The second-order valence-electron chi connectivity index (χ2n) is 8.37. The Bertz CT molecular complexity index is 1170. The monoisotopic (exact) mass is 426 g/mol. The van der Waals surface area contributed by atoms with E-state index in [9.17, 15) is 18.8 Å². The summed E-state index contributed by atoms with van der Waals surface area (Å²) < 4.78 is 43.7. The summed E-state index contributed by atoms with van der Waals surface area (Å²) in [6.45, 7) is 3.80. The molecule has 4 rings (SSSR count). The molecule has 0 fully saturated rings. The van der Waals surface area contributed by atoms with Crippen LogP contribution in [0.15, 0.2) is 57.5 Å². The number of allylic oxidation sites excluding steroid dienone is 3. The van der Waals surface area contributed by atoms with Crippen LogP contribution in [0.25, 0.3) is 0 Å². The third-order valence-corrected chi connectivity index (χ3v) is 5.31. The number of Topliss-reactive ketones (excluding diaryl/α,β-unsaturated/α-hetero) is 1. The molecule has 1 aliphatic heterocycles. The predicted octanol–water partition coefficient (Wildman–Crippen LogP) is 4.59. The molecule has 0 bridgehead atoms. The smallest absolute Gasteiger partial charge is 0.205 e. The Morgan fingerprint density at radius 3 is 2.74 bits per heavy atom. The Labute approximate surface area is 177 Å². The quantitative estimate of drug-likeness (QED) is 0.768. The maximum atomic E-state index is 13.8. The fourth-order valence-electron chi connectivity index (χ4n) is 3.94. The van der Waals surface area contributed by atoms with E-state index in [4.69, 9.17) is 19.6 Å². The number of carbonyl (C=O) groups excluding carboxylic acids is 1. The number of nitrogens with two attached hydrogens (primary N) is 1. The van der Waals surface area contributed by atoms with Crippen molar-refractivity contribution in [3.63, 3.8) is 0 Å². The van der Waals surface area contributed by atoms with Crippen molar-refractivity contribution in [2.24, 2.45) is 11.1 Å². The Kier molecular flexibility index (Phi) is 5.05. The fourth-order valence-corrected chi connectivity index (χ4v) is 3.94. The Morgan fingerprint density at radius 1 is 1.26 bits per heavy atom. The lowest BCUT2D eigenvalue weighted by Crippen LogP contribution is -2.33. The number of hydrogen-bond acceptors (Lipinski definition) is 6. The van der Waals surface area contributed by atoms with Crippen molar-refractivity contribution in [2.75, 3.05) is 0 Å². The first-order valence-electron chi connectivity index (χ1n) is 9.69. The van der Waals surface area contributed by atoms with Crippen LogP contribution in [0.2, 0.25) is 0 Å². The minimum atomic E-state index is -0.830. The van der Waals surface area contributed by atoms with E-state index in [1.54, 1.807) is 12.1 Å². The van der Waals surface area contributed by atoms with Crippen LogP contribution in [-0.4, -0.2) is 5.78 Å². The number of ether oxygens (including phenoxy) is 2. The second kappa shape index (κ2) is 7.58. The molecule has 2 aromatic rings.